The molecular formula is C24H35N3O2. The van der Waals surface area contributed by atoms with E-state index in [0.717, 1.165) is 39.3 Å². The predicted molar refractivity (Wildman–Crippen MR) is 117 cm³/mol. The molecular weight excluding hydrogens is 362 g/mol. The lowest BCUT2D eigenvalue weighted by Crippen LogP contribution is -2.46. The molecule has 0 bridgehead atoms. The van der Waals surface area contributed by atoms with E-state index in [9.17, 15) is 4.79 Å². The summed E-state index contributed by atoms with van der Waals surface area (Å²) in [5.74, 6) is 0.188. The molecule has 2 aliphatic rings. The highest BCUT2D eigenvalue weighted by Gasteiger charge is 2.30. The van der Waals surface area contributed by atoms with Crippen LogP contribution in [0.2, 0.25) is 0 Å². The molecule has 0 unspecified atom stereocenters. The van der Waals surface area contributed by atoms with E-state index in [1.54, 1.807) is 17.6 Å². The highest BCUT2D eigenvalue weighted by atomic mass is 16.5. The van der Waals surface area contributed by atoms with Gasteiger partial charge in [0.1, 0.15) is 0 Å². The molecule has 2 fully saturated rings. The molecule has 29 heavy (non-hydrogen) atoms. The molecule has 1 saturated carbocycles. The second-order valence-electron chi connectivity index (χ2n) is 8.98. The highest BCUT2D eigenvalue weighted by Crippen LogP contribution is 2.41. The average Bonchev–Trinajstić information content (AvgIpc) is 2.75. The number of nitrogens with zero attached hydrogens (tertiary/aromatic N) is 2. The number of hydrogen-bond acceptors (Lipinski definition) is 4. The van der Waals surface area contributed by atoms with Crippen LogP contribution < -0.4 is 5.48 Å². The molecule has 1 saturated heterocycles. The molecule has 1 aliphatic carbocycles. The van der Waals surface area contributed by atoms with Crippen LogP contribution in [-0.2, 0) is 6.54 Å². The zero-order valence-electron chi connectivity index (χ0n) is 17.7. The molecule has 5 heteroatoms. The van der Waals surface area contributed by atoms with E-state index in [1.165, 1.54) is 36.8 Å². The number of benzene rings is 1. The summed E-state index contributed by atoms with van der Waals surface area (Å²) in [7, 11) is 0. The Morgan fingerprint density at radius 1 is 1.17 bits per heavy atom. The number of hydroxylamine groups is 1. The summed E-state index contributed by atoms with van der Waals surface area (Å²) < 4.78 is 0. The Labute approximate surface area is 175 Å². The lowest BCUT2D eigenvalue weighted by molar-refractivity contribution is 0.0706. The lowest BCUT2D eigenvalue weighted by Gasteiger charge is -2.39. The van der Waals surface area contributed by atoms with Crippen LogP contribution in [0, 0.1) is 11.3 Å². The summed E-state index contributed by atoms with van der Waals surface area (Å²) in [4.78, 5) is 16.4. The quantitative estimate of drug-likeness (QED) is 0.417. The summed E-state index contributed by atoms with van der Waals surface area (Å²) >= 11 is 0. The lowest BCUT2D eigenvalue weighted by atomic mass is 9.70. The van der Waals surface area contributed by atoms with Crippen molar-refractivity contribution in [2.45, 2.75) is 39.2 Å². The topological polar surface area (TPSA) is 55.8 Å². The zero-order valence-corrected chi connectivity index (χ0v) is 17.7. The molecule has 0 aromatic heterocycles. The van der Waals surface area contributed by atoms with Gasteiger partial charge in [-0.15, -0.1) is 6.58 Å². The van der Waals surface area contributed by atoms with Crippen LogP contribution in [0.3, 0.4) is 0 Å². The minimum Gasteiger partial charge on any atom is -0.297 e. The van der Waals surface area contributed by atoms with Crippen molar-refractivity contribution in [1.82, 2.24) is 15.3 Å². The fraction of sp³-hybridized carbons (Fsp3) is 0.542. The van der Waals surface area contributed by atoms with E-state index in [-0.39, 0.29) is 0 Å². The smallest absolute Gasteiger partial charge is 0.274 e. The Balaban J connectivity index is 1.41. The van der Waals surface area contributed by atoms with E-state index in [4.69, 9.17) is 5.21 Å². The van der Waals surface area contributed by atoms with Gasteiger partial charge in [-0.05, 0) is 54.7 Å². The van der Waals surface area contributed by atoms with Gasteiger partial charge in [0.2, 0.25) is 0 Å². The molecule has 0 atom stereocenters. The third-order valence-electron chi connectivity index (χ3n) is 6.81. The Bertz CT molecular complexity index is 712. The Hall–Kier alpha value is -1.95. The second-order valence-corrected chi connectivity index (χ2v) is 8.98. The highest BCUT2D eigenvalue weighted by molar-refractivity contribution is 5.93. The van der Waals surface area contributed by atoms with Gasteiger partial charge in [0.05, 0.1) is 0 Å². The van der Waals surface area contributed by atoms with Crippen LogP contribution in [0.25, 0.3) is 0 Å². The van der Waals surface area contributed by atoms with Gasteiger partial charge in [-0.1, -0.05) is 37.3 Å². The van der Waals surface area contributed by atoms with Crippen LogP contribution >= 0.6 is 0 Å². The van der Waals surface area contributed by atoms with Gasteiger partial charge < -0.3 is 0 Å². The number of carbonyl (C=O) groups excluding carboxylic acids is 1. The van der Waals surface area contributed by atoms with Gasteiger partial charge in [0.25, 0.3) is 5.91 Å². The number of piperazine rings is 1. The molecule has 2 N–H and O–H groups in total. The summed E-state index contributed by atoms with van der Waals surface area (Å²) in [6.45, 7) is 16.9. The van der Waals surface area contributed by atoms with E-state index in [2.05, 4.69) is 36.0 Å². The molecule has 158 valence electrons. The molecule has 0 spiro atoms. The van der Waals surface area contributed by atoms with Gasteiger partial charge in [-0.3, -0.25) is 19.8 Å². The standard InChI is InChI=1S/C24H35N3O2/c1-4-24(3)11-9-21(10-12-24)19(2)17-26-13-15-27(16-14-26)18-20-5-7-22(8-6-20)23(28)25-29/h4-8,21,29H,1-2,9-18H2,3H3,(H,25,28). The third-order valence-corrected chi connectivity index (χ3v) is 6.81. The molecule has 0 radical (unpaired) electrons. The number of amides is 1. The normalized spacial score (nSPS) is 26.1. The summed E-state index contributed by atoms with van der Waals surface area (Å²) in [5, 5.41) is 8.70. The van der Waals surface area contributed by atoms with E-state index < -0.39 is 5.91 Å². The second kappa shape index (κ2) is 9.70. The number of carbonyl (C=O) groups is 1. The van der Waals surface area contributed by atoms with Crippen molar-refractivity contribution in [2.75, 3.05) is 32.7 Å². The maximum absolute atomic E-state index is 11.4. The molecule has 3 rings (SSSR count). The third kappa shape index (κ3) is 5.78. The van der Waals surface area contributed by atoms with E-state index in [1.807, 2.05) is 12.1 Å². The Morgan fingerprint density at radius 3 is 2.31 bits per heavy atom. The Kier molecular flexibility index (Phi) is 7.28. The minimum atomic E-state index is -0.475. The number of hydrogen-bond donors (Lipinski definition) is 2. The fourth-order valence-electron chi connectivity index (χ4n) is 4.50. The molecule has 5 nitrogen and oxygen atoms in total. The maximum Gasteiger partial charge on any atom is 0.274 e. The van der Waals surface area contributed by atoms with Crippen molar-refractivity contribution in [3.8, 4) is 0 Å². The van der Waals surface area contributed by atoms with Crippen molar-refractivity contribution in [3.63, 3.8) is 0 Å². The molecule has 1 aromatic rings. The average molecular weight is 398 g/mol. The van der Waals surface area contributed by atoms with Crippen molar-refractivity contribution in [2.24, 2.45) is 11.3 Å². The first-order valence-corrected chi connectivity index (χ1v) is 10.7. The first-order chi connectivity index (χ1) is 13.9. The number of rotatable bonds is 7. The predicted octanol–water partition coefficient (Wildman–Crippen LogP) is 3.86. The number of allylic oxidation sites excluding steroid dienone is 1. The summed E-state index contributed by atoms with van der Waals surface area (Å²) in [6.07, 6.45) is 7.08. The SMILES string of the molecule is C=CC1(C)CCC(C(=C)CN2CCN(Cc3ccc(C(=O)NO)cc3)CC2)CC1. The van der Waals surface area contributed by atoms with Crippen molar-refractivity contribution in [1.29, 1.82) is 0 Å². The van der Waals surface area contributed by atoms with Gasteiger partial charge in [-0.25, -0.2) is 5.48 Å². The minimum absolute atomic E-state index is 0.322. The van der Waals surface area contributed by atoms with Gasteiger partial charge in [0.15, 0.2) is 0 Å². The number of nitrogens with one attached hydrogen (secondary N) is 1. The van der Waals surface area contributed by atoms with Crippen molar-refractivity contribution in [3.05, 3.63) is 60.2 Å². The van der Waals surface area contributed by atoms with E-state index in [0.29, 0.717) is 16.9 Å². The summed E-state index contributed by atoms with van der Waals surface area (Å²) in [6, 6.07) is 7.42. The van der Waals surface area contributed by atoms with Crippen molar-refractivity contribution < 1.29 is 10.0 Å². The monoisotopic (exact) mass is 397 g/mol. The van der Waals surface area contributed by atoms with Crippen molar-refractivity contribution >= 4 is 5.91 Å². The first-order valence-electron chi connectivity index (χ1n) is 10.7. The van der Waals surface area contributed by atoms with Crippen LogP contribution in [0.4, 0.5) is 0 Å². The van der Waals surface area contributed by atoms with Crippen LogP contribution in [-0.4, -0.2) is 53.6 Å². The Morgan fingerprint density at radius 2 is 1.76 bits per heavy atom. The fourth-order valence-corrected chi connectivity index (χ4v) is 4.50. The summed E-state index contributed by atoms with van der Waals surface area (Å²) in [5.41, 5.74) is 5.05. The van der Waals surface area contributed by atoms with E-state index >= 15 is 0 Å². The van der Waals surface area contributed by atoms with Gasteiger partial charge in [0, 0.05) is 44.8 Å². The largest absolute Gasteiger partial charge is 0.297 e. The van der Waals surface area contributed by atoms with Crippen LogP contribution in [0.5, 0.6) is 0 Å². The maximum atomic E-state index is 11.4. The molecule has 1 amide bonds. The molecule has 1 aromatic carbocycles. The van der Waals surface area contributed by atoms with Gasteiger partial charge >= 0.3 is 0 Å². The van der Waals surface area contributed by atoms with Crippen LogP contribution in [0.15, 0.2) is 49.1 Å². The van der Waals surface area contributed by atoms with Gasteiger partial charge in [-0.2, -0.15) is 0 Å². The molecule has 1 heterocycles. The zero-order chi connectivity index (χ0) is 20.9. The first kappa shape index (κ1) is 21.8. The van der Waals surface area contributed by atoms with Crippen LogP contribution in [0.1, 0.15) is 48.5 Å². The molecule has 1 aliphatic heterocycles.